The average molecular weight is 362 g/mol. The van der Waals surface area contributed by atoms with Gasteiger partial charge in [-0.2, -0.15) is 0 Å². The van der Waals surface area contributed by atoms with Crippen molar-refractivity contribution >= 4 is 11.9 Å². The zero-order valence-corrected chi connectivity index (χ0v) is 15.6. The molecule has 1 aromatic carbocycles. The molecule has 1 amide bonds. The minimum Gasteiger partial charge on any atom is -0.478 e. The third-order valence-corrected chi connectivity index (χ3v) is 4.89. The summed E-state index contributed by atoms with van der Waals surface area (Å²) in [5.41, 5.74) is 1.28. The molecule has 0 spiro atoms. The maximum absolute atomic E-state index is 12.1. The number of aliphatic hydroxyl groups is 1. The van der Waals surface area contributed by atoms with Crippen LogP contribution in [0.15, 0.2) is 24.3 Å². The van der Waals surface area contributed by atoms with E-state index in [1.54, 1.807) is 29.3 Å². The number of amides is 1. The third kappa shape index (κ3) is 6.11. The summed E-state index contributed by atoms with van der Waals surface area (Å²) in [5, 5.41) is 22.8. The largest absolute Gasteiger partial charge is 0.478 e. The van der Waals surface area contributed by atoms with Gasteiger partial charge in [0.05, 0.1) is 11.7 Å². The number of carbonyl (C=O) groups is 2. The molecule has 1 aliphatic rings. The molecule has 1 saturated heterocycles. The first-order valence-electron chi connectivity index (χ1n) is 9.56. The zero-order chi connectivity index (χ0) is 18.9. The zero-order valence-electron chi connectivity index (χ0n) is 15.6. The van der Waals surface area contributed by atoms with E-state index in [4.69, 9.17) is 5.11 Å². The van der Waals surface area contributed by atoms with E-state index in [0.717, 1.165) is 31.2 Å². The number of hydrazine groups is 1. The van der Waals surface area contributed by atoms with Crippen molar-refractivity contribution in [1.82, 2.24) is 10.0 Å². The van der Waals surface area contributed by atoms with E-state index in [2.05, 4.69) is 6.92 Å². The summed E-state index contributed by atoms with van der Waals surface area (Å²) in [6.07, 6.45) is 5.74. The van der Waals surface area contributed by atoms with E-state index >= 15 is 0 Å². The molecule has 0 bridgehead atoms. The summed E-state index contributed by atoms with van der Waals surface area (Å²) < 4.78 is 0. The number of carboxylic acids is 1. The fourth-order valence-electron chi connectivity index (χ4n) is 3.25. The molecule has 1 heterocycles. The summed E-state index contributed by atoms with van der Waals surface area (Å²) in [7, 11) is 0. The number of hydrogen-bond acceptors (Lipinski definition) is 4. The molecule has 0 unspecified atom stereocenters. The second-order valence-electron chi connectivity index (χ2n) is 6.91. The van der Waals surface area contributed by atoms with Crippen LogP contribution >= 0.6 is 0 Å². The van der Waals surface area contributed by atoms with Gasteiger partial charge in [0.2, 0.25) is 5.91 Å². The molecule has 1 atom stereocenters. The molecule has 0 radical (unpaired) electrons. The third-order valence-electron chi connectivity index (χ3n) is 4.89. The fourth-order valence-corrected chi connectivity index (χ4v) is 3.25. The van der Waals surface area contributed by atoms with Gasteiger partial charge in [0.1, 0.15) is 0 Å². The topological polar surface area (TPSA) is 81.1 Å². The van der Waals surface area contributed by atoms with Crippen molar-refractivity contribution < 1.29 is 19.8 Å². The standard InChI is InChI=1S/C20H30N2O4/c1-2-3-4-5-18(23)11-13-21-14-12-19(24)22(21)15-10-16-6-8-17(9-7-16)20(25)26/h6-9,18,23H,2-5,10-15H2,1H3,(H,25,26)/t18-/m0/s1. The second kappa shape index (κ2) is 10.3. The van der Waals surface area contributed by atoms with Gasteiger partial charge in [0, 0.05) is 26.1 Å². The van der Waals surface area contributed by atoms with Gasteiger partial charge >= 0.3 is 5.97 Å². The normalized spacial score (nSPS) is 16.2. The minimum atomic E-state index is -0.935. The lowest BCUT2D eigenvalue weighted by Gasteiger charge is -2.28. The van der Waals surface area contributed by atoms with Gasteiger partial charge in [-0.15, -0.1) is 0 Å². The van der Waals surface area contributed by atoms with Gasteiger partial charge in [0.25, 0.3) is 0 Å². The van der Waals surface area contributed by atoms with Crippen molar-refractivity contribution in [2.45, 2.75) is 58.0 Å². The van der Waals surface area contributed by atoms with Gasteiger partial charge in [-0.1, -0.05) is 38.3 Å². The van der Waals surface area contributed by atoms with Crippen LogP contribution in [0, 0.1) is 0 Å². The lowest BCUT2D eigenvalue weighted by atomic mass is 10.1. The molecule has 0 aromatic heterocycles. The molecule has 144 valence electrons. The van der Waals surface area contributed by atoms with Crippen LogP contribution in [0.1, 0.15) is 61.4 Å². The SMILES string of the molecule is CCCCC[C@H](O)CCN1CCC(=O)N1CCc1ccc(C(=O)O)cc1. The Morgan fingerprint density at radius 2 is 1.88 bits per heavy atom. The number of hydrogen-bond donors (Lipinski definition) is 2. The van der Waals surface area contributed by atoms with Gasteiger partial charge in [0.15, 0.2) is 0 Å². The molecule has 0 aliphatic carbocycles. The van der Waals surface area contributed by atoms with E-state index < -0.39 is 5.97 Å². The molecule has 0 saturated carbocycles. The van der Waals surface area contributed by atoms with Gasteiger partial charge < -0.3 is 10.2 Å². The number of carbonyl (C=O) groups excluding carboxylic acids is 1. The molecule has 6 heteroatoms. The first-order valence-corrected chi connectivity index (χ1v) is 9.56. The van der Waals surface area contributed by atoms with Crippen LogP contribution in [-0.2, 0) is 11.2 Å². The Kier molecular flexibility index (Phi) is 8.06. The predicted octanol–water partition coefficient (Wildman–Crippen LogP) is 2.71. The Labute approximate surface area is 155 Å². The van der Waals surface area contributed by atoms with Crippen molar-refractivity contribution in [3.8, 4) is 0 Å². The first-order chi connectivity index (χ1) is 12.5. The summed E-state index contributed by atoms with van der Waals surface area (Å²) in [6, 6.07) is 6.78. The van der Waals surface area contributed by atoms with Crippen molar-refractivity contribution in [2.24, 2.45) is 0 Å². The van der Waals surface area contributed by atoms with E-state index in [1.807, 2.05) is 5.01 Å². The molecular formula is C20H30N2O4. The number of aromatic carboxylic acids is 1. The summed E-state index contributed by atoms with van der Waals surface area (Å²) in [6.45, 7) is 4.13. The number of rotatable bonds is 11. The van der Waals surface area contributed by atoms with Crippen LogP contribution in [0.25, 0.3) is 0 Å². The minimum absolute atomic E-state index is 0.118. The Morgan fingerprint density at radius 3 is 2.54 bits per heavy atom. The average Bonchev–Trinajstić information content (AvgIpc) is 2.98. The van der Waals surface area contributed by atoms with Crippen LogP contribution in [0.3, 0.4) is 0 Å². The lowest BCUT2D eigenvalue weighted by Crippen LogP contribution is -2.41. The molecule has 2 rings (SSSR count). The predicted molar refractivity (Wildman–Crippen MR) is 99.8 cm³/mol. The highest BCUT2D eigenvalue weighted by Crippen LogP contribution is 2.16. The van der Waals surface area contributed by atoms with Crippen LogP contribution in [0.5, 0.6) is 0 Å². The van der Waals surface area contributed by atoms with Crippen molar-refractivity contribution in [1.29, 1.82) is 0 Å². The lowest BCUT2D eigenvalue weighted by molar-refractivity contribution is -0.138. The quantitative estimate of drug-likeness (QED) is 0.592. The van der Waals surface area contributed by atoms with Crippen molar-refractivity contribution in [3.05, 3.63) is 35.4 Å². The molecule has 1 aliphatic heterocycles. The monoisotopic (exact) mass is 362 g/mol. The first kappa shape index (κ1) is 20.4. The number of benzene rings is 1. The summed E-state index contributed by atoms with van der Waals surface area (Å²) in [4.78, 5) is 23.0. The molecule has 2 N–H and O–H groups in total. The molecule has 26 heavy (non-hydrogen) atoms. The highest BCUT2D eigenvalue weighted by molar-refractivity contribution is 5.87. The number of aliphatic hydroxyl groups excluding tert-OH is 1. The fraction of sp³-hybridized carbons (Fsp3) is 0.600. The summed E-state index contributed by atoms with van der Waals surface area (Å²) in [5.74, 6) is -0.817. The van der Waals surface area contributed by atoms with Crippen LogP contribution in [-0.4, -0.2) is 57.8 Å². The van der Waals surface area contributed by atoms with Crippen LogP contribution < -0.4 is 0 Å². The van der Waals surface area contributed by atoms with E-state index in [-0.39, 0.29) is 17.6 Å². The van der Waals surface area contributed by atoms with Gasteiger partial charge in [-0.05, 0) is 37.0 Å². The molecule has 6 nitrogen and oxygen atoms in total. The number of carboxylic acid groups (broad SMARTS) is 1. The van der Waals surface area contributed by atoms with E-state index in [9.17, 15) is 14.7 Å². The van der Waals surface area contributed by atoms with Crippen molar-refractivity contribution in [2.75, 3.05) is 19.6 Å². The Balaban J connectivity index is 1.80. The number of nitrogens with zero attached hydrogens (tertiary/aromatic N) is 2. The molecule has 1 fully saturated rings. The van der Waals surface area contributed by atoms with E-state index in [0.29, 0.717) is 38.9 Å². The smallest absolute Gasteiger partial charge is 0.335 e. The highest BCUT2D eigenvalue weighted by atomic mass is 16.4. The van der Waals surface area contributed by atoms with Crippen LogP contribution in [0.4, 0.5) is 0 Å². The summed E-state index contributed by atoms with van der Waals surface area (Å²) >= 11 is 0. The van der Waals surface area contributed by atoms with Crippen molar-refractivity contribution in [3.63, 3.8) is 0 Å². The van der Waals surface area contributed by atoms with E-state index in [1.165, 1.54) is 0 Å². The Bertz CT molecular complexity index is 588. The van der Waals surface area contributed by atoms with Gasteiger partial charge in [-0.3, -0.25) is 9.80 Å². The Morgan fingerprint density at radius 1 is 1.15 bits per heavy atom. The molecular weight excluding hydrogens is 332 g/mol. The maximum Gasteiger partial charge on any atom is 0.335 e. The molecule has 1 aromatic rings. The number of unbranched alkanes of at least 4 members (excludes halogenated alkanes) is 2. The highest BCUT2D eigenvalue weighted by Gasteiger charge is 2.28. The maximum atomic E-state index is 12.1. The van der Waals surface area contributed by atoms with Crippen LogP contribution in [0.2, 0.25) is 0 Å². The van der Waals surface area contributed by atoms with Gasteiger partial charge in [-0.25, -0.2) is 9.80 Å². The Hall–Kier alpha value is -1.92. The second-order valence-corrected chi connectivity index (χ2v) is 6.91.